The lowest BCUT2D eigenvalue weighted by Gasteiger charge is -2.32. The molecule has 0 saturated carbocycles. The van der Waals surface area contributed by atoms with Crippen LogP contribution < -0.4 is 5.32 Å². The molecule has 1 aromatic heterocycles. The standard InChI is InChI=1S/C12H18N4O2/c1-16-7-3-2-4-9(16)8-13-11-6-5-10(12(17)18)14-15-11/h5-6,9H,2-4,7-8H2,1H3,(H,13,15)(H,17,18). The number of carboxylic acid groups (broad SMARTS) is 1. The van der Waals surface area contributed by atoms with E-state index in [1.165, 1.54) is 25.3 Å². The van der Waals surface area contributed by atoms with Crippen LogP contribution in [0.25, 0.3) is 0 Å². The van der Waals surface area contributed by atoms with E-state index in [0.29, 0.717) is 11.9 Å². The second-order valence-corrected chi connectivity index (χ2v) is 4.62. The van der Waals surface area contributed by atoms with Crippen LogP contribution in [0, 0.1) is 0 Å². The van der Waals surface area contributed by atoms with E-state index in [4.69, 9.17) is 5.11 Å². The van der Waals surface area contributed by atoms with Crippen molar-refractivity contribution >= 4 is 11.8 Å². The lowest BCUT2D eigenvalue weighted by atomic mass is 10.0. The summed E-state index contributed by atoms with van der Waals surface area (Å²) in [5.41, 5.74) is -0.0321. The molecular weight excluding hydrogens is 232 g/mol. The molecule has 1 atom stereocenters. The van der Waals surface area contributed by atoms with E-state index in [-0.39, 0.29) is 5.69 Å². The van der Waals surface area contributed by atoms with Gasteiger partial charge in [-0.2, -0.15) is 0 Å². The summed E-state index contributed by atoms with van der Waals surface area (Å²) in [5, 5.41) is 19.4. The Morgan fingerprint density at radius 2 is 2.33 bits per heavy atom. The fraction of sp³-hybridized carbons (Fsp3) is 0.583. The van der Waals surface area contributed by atoms with E-state index in [9.17, 15) is 4.79 Å². The molecule has 2 N–H and O–H groups in total. The average molecular weight is 250 g/mol. The van der Waals surface area contributed by atoms with Crippen molar-refractivity contribution < 1.29 is 9.90 Å². The maximum atomic E-state index is 10.6. The van der Waals surface area contributed by atoms with Crippen molar-refractivity contribution in [3.63, 3.8) is 0 Å². The summed E-state index contributed by atoms with van der Waals surface area (Å²) in [7, 11) is 2.13. The zero-order valence-corrected chi connectivity index (χ0v) is 10.5. The zero-order valence-electron chi connectivity index (χ0n) is 10.5. The van der Waals surface area contributed by atoms with Crippen molar-refractivity contribution in [2.75, 3.05) is 25.5 Å². The van der Waals surface area contributed by atoms with Crippen LogP contribution in [-0.4, -0.2) is 52.4 Å². The van der Waals surface area contributed by atoms with Crippen LogP contribution in [-0.2, 0) is 0 Å². The molecule has 1 fully saturated rings. The Bertz CT molecular complexity index is 407. The molecule has 0 aromatic carbocycles. The van der Waals surface area contributed by atoms with E-state index in [2.05, 4.69) is 27.5 Å². The summed E-state index contributed by atoms with van der Waals surface area (Å²) in [5.74, 6) is -0.431. The van der Waals surface area contributed by atoms with Crippen molar-refractivity contribution in [2.45, 2.75) is 25.3 Å². The first kappa shape index (κ1) is 12.8. The summed E-state index contributed by atoms with van der Waals surface area (Å²) < 4.78 is 0. The first-order valence-electron chi connectivity index (χ1n) is 6.18. The quantitative estimate of drug-likeness (QED) is 0.832. The fourth-order valence-electron chi connectivity index (χ4n) is 2.17. The number of nitrogens with one attached hydrogen (secondary N) is 1. The van der Waals surface area contributed by atoms with E-state index in [1.807, 2.05) is 0 Å². The second kappa shape index (κ2) is 5.77. The summed E-state index contributed by atoms with van der Waals surface area (Å²) in [6.07, 6.45) is 3.71. The van der Waals surface area contributed by atoms with Crippen LogP contribution in [0.1, 0.15) is 29.8 Å². The molecule has 1 saturated heterocycles. The molecule has 2 rings (SSSR count). The van der Waals surface area contributed by atoms with Gasteiger partial charge < -0.3 is 15.3 Å². The van der Waals surface area contributed by atoms with Gasteiger partial charge in [0, 0.05) is 12.6 Å². The molecule has 0 radical (unpaired) electrons. The van der Waals surface area contributed by atoms with Gasteiger partial charge in [0.05, 0.1) is 0 Å². The number of carboxylic acids is 1. The summed E-state index contributed by atoms with van der Waals surface area (Å²) >= 11 is 0. The highest BCUT2D eigenvalue weighted by atomic mass is 16.4. The highest BCUT2D eigenvalue weighted by molar-refractivity contribution is 5.85. The number of piperidine rings is 1. The van der Waals surface area contributed by atoms with Gasteiger partial charge in [0.1, 0.15) is 5.82 Å². The number of likely N-dealkylation sites (tertiary alicyclic amines) is 1. The molecule has 18 heavy (non-hydrogen) atoms. The van der Waals surface area contributed by atoms with Crippen molar-refractivity contribution in [1.82, 2.24) is 15.1 Å². The minimum atomic E-state index is -1.05. The summed E-state index contributed by atoms with van der Waals surface area (Å²) in [6, 6.07) is 3.63. The average Bonchev–Trinajstić information content (AvgIpc) is 2.38. The molecule has 1 aliphatic rings. The number of rotatable bonds is 4. The number of anilines is 1. The first-order valence-corrected chi connectivity index (χ1v) is 6.18. The van der Waals surface area contributed by atoms with Gasteiger partial charge >= 0.3 is 5.97 Å². The third kappa shape index (κ3) is 3.16. The van der Waals surface area contributed by atoms with Crippen LogP contribution in [0.4, 0.5) is 5.82 Å². The van der Waals surface area contributed by atoms with Gasteiger partial charge in [-0.3, -0.25) is 0 Å². The van der Waals surface area contributed by atoms with Crippen LogP contribution in [0.15, 0.2) is 12.1 Å². The largest absolute Gasteiger partial charge is 0.476 e. The number of hydrogen-bond acceptors (Lipinski definition) is 5. The predicted octanol–water partition coefficient (Wildman–Crippen LogP) is 1.07. The molecular formula is C12H18N4O2. The lowest BCUT2D eigenvalue weighted by molar-refractivity contribution is 0.0689. The van der Waals surface area contributed by atoms with Gasteiger partial charge in [-0.05, 0) is 38.6 Å². The van der Waals surface area contributed by atoms with E-state index in [0.717, 1.165) is 13.1 Å². The Hall–Kier alpha value is -1.69. The zero-order chi connectivity index (χ0) is 13.0. The Morgan fingerprint density at radius 1 is 1.50 bits per heavy atom. The summed E-state index contributed by atoms with van der Waals surface area (Å²) in [6.45, 7) is 1.95. The van der Waals surface area contributed by atoms with Crippen molar-refractivity contribution in [3.05, 3.63) is 17.8 Å². The van der Waals surface area contributed by atoms with Crippen LogP contribution in [0.5, 0.6) is 0 Å². The van der Waals surface area contributed by atoms with Gasteiger partial charge in [-0.1, -0.05) is 6.42 Å². The van der Waals surface area contributed by atoms with Crippen molar-refractivity contribution in [3.8, 4) is 0 Å². The highest BCUT2D eigenvalue weighted by Crippen LogP contribution is 2.15. The Kier molecular flexibility index (Phi) is 4.09. The molecule has 1 unspecified atom stereocenters. The second-order valence-electron chi connectivity index (χ2n) is 4.62. The van der Waals surface area contributed by atoms with E-state index in [1.54, 1.807) is 6.07 Å². The molecule has 2 heterocycles. The third-order valence-corrected chi connectivity index (χ3v) is 3.32. The molecule has 0 amide bonds. The van der Waals surface area contributed by atoms with Gasteiger partial charge in [0.25, 0.3) is 0 Å². The van der Waals surface area contributed by atoms with Crippen molar-refractivity contribution in [2.24, 2.45) is 0 Å². The molecule has 6 nitrogen and oxygen atoms in total. The Balaban J connectivity index is 1.87. The maximum absolute atomic E-state index is 10.6. The first-order chi connectivity index (χ1) is 8.66. The smallest absolute Gasteiger partial charge is 0.356 e. The molecule has 0 aliphatic carbocycles. The minimum absolute atomic E-state index is 0.0321. The van der Waals surface area contributed by atoms with Crippen LogP contribution in [0.3, 0.4) is 0 Å². The van der Waals surface area contributed by atoms with Crippen molar-refractivity contribution in [1.29, 1.82) is 0 Å². The van der Waals surface area contributed by atoms with Crippen LogP contribution >= 0.6 is 0 Å². The van der Waals surface area contributed by atoms with E-state index < -0.39 is 5.97 Å². The van der Waals surface area contributed by atoms with Gasteiger partial charge in [-0.15, -0.1) is 10.2 Å². The topological polar surface area (TPSA) is 78.4 Å². The van der Waals surface area contributed by atoms with Gasteiger partial charge in [0.15, 0.2) is 5.69 Å². The monoisotopic (exact) mass is 250 g/mol. The van der Waals surface area contributed by atoms with E-state index >= 15 is 0 Å². The Morgan fingerprint density at radius 3 is 2.94 bits per heavy atom. The minimum Gasteiger partial charge on any atom is -0.476 e. The Labute approximate surface area is 106 Å². The normalized spacial score (nSPS) is 20.6. The number of likely N-dealkylation sites (N-methyl/N-ethyl adjacent to an activating group) is 1. The van der Waals surface area contributed by atoms with Gasteiger partial charge in [0.2, 0.25) is 0 Å². The number of hydrogen-bond donors (Lipinski definition) is 2. The number of aromatic carboxylic acids is 1. The molecule has 0 spiro atoms. The third-order valence-electron chi connectivity index (χ3n) is 3.32. The molecule has 98 valence electrons. The predicted molar refractivity (Wildman–Crippen MR) is 67.8 cm³/mol. The SMILES string of the molecule is CN1CCCCC1CNc1ccc(C(=O)O)nn1. The molecule has 0 bridgehead atoms. The maximum Gasteiger partial charge on any atom is 0.356 e. The number of nitrogens with zero attached hydrogens (tertiary/aromatic N) is 3. The lowest BCUT2D eigenvalue weighted by Crippen LogP contribution is -2.40. The molecule has 1 aromatic rings. The number of aromatic nitrogens is 2. The number of carbonyl (C=O) groups is 1. The summed E-state index contributed by atoms with van der Waals surface area (Å²) in [4.78, 5) is 13.0. The molecule has 1 aliphatic heterocycles. The van der Waals surface area contributed by atoms with Gasteiger partial charge in [-0.25, -0.2) is 4.79 Å². The fourth-order valence-corrected chi connectivity index (χ4v) is 2.17. The molecule has 6 heteroatoms. The highest BCUT2D eigenvalue weighted by Gasteiger charge is 2.18. The van der Waals surface area contributed by atoms with Crippen LogP contribution in [0.2, 0.25) is 0 Å².